The van der Waals surface area contributed by atoms with Gasteiger partial charge < -0.3 is 15.1 Å². The van der Waals surface area contributed by atoms with Crippen molar-refractivity contribution in [3.05, 3.63) is 30.1 Å². The van der Waals surface area contributed by atoms with E-state index in [4.69, 9.17) is 0 Å². The van der Waals surface area contributed by atoms with Crippen molar-refractivity contribution in [1.82, 2.24) is 19.8 Å². The average Bonchev–Trinajstić information content (AvgIpc) is 3.17. The van der Waals surface area contributed by atoms with E-state index in [0.717, 1.165) is 31.4 Å². The molecule has 1 saturated carbocycles. The Labute approximate surface area is 208 Å². The Morgan fingerprint density at radius 2 is 1.97 bits per heavy atom. The highest BCUT2D eigenvalue weighted by Gasteiger charge is 2.45. The largest absolute Gasteiger partial charge is 0.416 e. The van der Waals surface area contributed by atoms with E-state index < -0.39 is 17.8 Å². The number of benzene rings is 1. The van der Waals surface area contributed by atoms with Crippen LogP contribution in [0, 0.1) is 0 Å². The van der Waals surface area contributed by atoms with E-state index in [9.17, 15) is 22.8 Å². The van der Waals surface area contributed by atoms with Gasteiger partial charge in [-0.15, -0.1) is 0 Å². The fraction of sp³-hybridized carbons (Fsp3) is 0.600. The minimum Gasteiger partial charge on any atom is -0.358 e. The highest BCUT2D eigenvalue weighted by atomic mass is 19.4. The predicted molar refractivity (Wildman–Crippen MR) is 129 cm³/mol. The summed E-state index contributed by atoms with van der Waals surface area (Å²) >= 11 is 0. The van der Waals surface area contributed by atoms with Gasteiger partial charge >= 0.3 is 12.1 Å². The second-order valence-corrected chi connectivity index (χ2v) is 10.2. The number of likely N-dealkylation sites (tertiary alicyclic amines) is 1. The van der Waals surface area contributed by atoms with Gasteiger partial charge in [-0.05, 0) is 58.4 Å². The fourth-order valence-electron chi connectivity index (χ4n) is 5.50. The maximum absolute atomic E-state index is 13.5. The molecule has 196 valence electrons. The summed E-state index contributed by atoms with van der Waals surface area (Å²) in [4.78, 5) is 37.9. The summed E-state index contributed by atoms with van der Waals surface area (Å²) in [5, 5.41) is 5.05. The maximum Gasteiger partial charge on any atom is 0.416 e. The first kappa shape index (κ1) is 26.3. The number of nitrogens with two attached hydrogens (primary N) is 1. The van der Waals surface area contributed by atoms with Gasteiger partial charge in [0, 0.05) is 30.4 Å². The highest BCUT2D eigenvalue weighted by molar-refractivity contribution is 5.93. The average molecular weight is 508 g/mol. The molecule has 2 fully saturated rings. The molecular formula is C25H34F3N6O2+. The van der Waals surface area contributed by atoms with Crippen LogP contribution in [-0.4, -0.2) is 75.4 Å². The molecule has 2 amide bonds. The summed E-state index contributed by atoms with van der Waals surface area (Å²) in [6.07, 6.45) is -0.189. The van der Waals surface area contributed by atoms with Crippen molar-refractivity contribution < 1.29 is 28.1 Å². The number of primary amides is 1. The molecule has 1 aromatic heterocycles. The van der Waals surface area contributed by atoms with Crippen LogP contribution in [0.5, 0.6) is 0 Å². The molecule has 36 heavy (non-hydrogen) atoms. The molecule has 11 heteroatoms. The minimum atomic E-state index is -4.49. The van der Waals surface area contributed by atoms with Crippen LogP contribution >= 0.6 is 0 Å². The topological polar surface area (TPSA) is 95.0 Å². The number of hydrogen-bond acceptors (Lipinski definition) is 6. The number of rotatable bonds is 6. The molecule has 0 spiro atoms. The van der Waals surface area contributed by atoms with Crippen LogP contribution in [0.4, 0.5) is 19.0 Å². The van der Waals surface area contributed by atoms with Crippen molar-refractivity contribution in [2.24, 2.45) is 0 Å². The quantitative estimate of drug-likeness (QED) is 0.624. The van der Waals surface area contributed by atoms with Crippen LogP contribution in [0.15, 0.2) is 24.5 Å². The molecule has 1 aliphatic carbocycles. The highest BCUT2D eigenvalue weighted by Crippen LogP contribution is 2.34. The zero-order chi connectivity index (χ0) is 26.2. The number of carbonyl (C=O) groups is 2. The lowest BCUT2D eigenvalue weighted by atomic mass is 9.84. The Bertz CT molecular complexity index is 1120. The molecule has 1 aliphatic heterocycles. The summed E-state index contributed by atoms with van der Waals surface area (Å²) in [7, 11) is 2.09. The van der Waals surface area contributed by atoms with Gasteiger partial charge in [-0.25, -0.2) is 14.8 Å². The van der Waals surface area contributed by atoms with Crippen molar-refractivity contribution in [2.75, 3.05) is 18.9 Å². The molecule has 3 N–H and O–H groups in total. The Hall–Kier alpha value is -2.79. The number of nitrogens with zero attached hydrogens (tertiary/aromatic N) is 4. The molecule has 4 rings (SSSR count). The zero-order valence-electron chi connectivity index (χ0n) is 21.0. The standard InChI is InChI=1S/C25H33F3N6O2/c1-14(2)33(4)17-6-8-22(21(12-17)31-15(3)35)34-10-9-20(24(34)36)32-23-18-11-16(25(26,27)28)5-7-19(18)29-13-30-23/h5,7,11,13-14,17,20-22H,6,8-10,12H2,1-4H3,(H,31,35)(H,29,30,32)/p+1. The van der Waals surface area contributed by atoms with E-state index in [-0.39, 0.29) is 35.1 Å². The Morgan fingerprint density at radius 1 is 1.22 bits per heavy atom. The van der Waals surface area contributed by atoms with Crippen LogP contribution in [-0.2, 0) is 15.8 Å². The number of hydrogen-bond donors (Lipinski definition) is 2. The molecule has 4 atom stereocenters. The molecule has 8 nitrogen and oxygen atoms in total. The minimum absolute atomic E-state index is 0.00732. The molecule has 0 radical (unpaired) electrons. The number of alkyl halides is 3. The van der Waals surface area contributed by atoms with Gasteiger partial charge in [-0.1, -0.05) is 0 Å². The summed E-state index contributed by atoms with van der Waals surface area (Å²) in [6.45, 7) is 6.35. The normalized spacial score (nSPS) is 25.2. The third-order valence-corrected chi connectivity index (χ3v) is 7.59. The number of nitrogens with one attached hydrogen (secondary N) is 1. The second-order valence-electron chi connectivity index (χ2n) is 10.2. The number of quaternary nitrogens is 1. The lowest BCUT2D eigenvalue weighted by Crippen LogP contribution is -2.96. The molecular weight excluding hydrogens is 473 g/mol. The van der Waals surface area contributed by atoms with Crippen molar-refractivity contribution in [1.29, 1.82) is 0 Å². The van der Waals surface area contributed by atoms with Crippen LogP contribution < -0.4 is 10.6 Å². The number of amides is 2. The van der Waals surface area contributed by atoms with E-state index in [2.05, 4.69) is 41.1 Å². The van der Waals surface area contributed by atoms with Gasteiger partial charge in [0.2, 0.25) is 5.91 Å². The van der Waals surface area contributed by atoms with Crippen LogP contribution in [0.2, 0.25) is 0 Å². The smallest absolute Gasteiger partial charge is 0.358 e. The first-order valence-corrected chi connectivity index (χ1v) is 12.4. The van der Waals surface area contributed by atoms with Gasteiger partial charge in [0.15, 0.2) is 0 Å². The molecule has 1 saturated heterocycles. The van der Waals surface area contributed by atoms with Crippen LogP contribution in [0.3, 0.4) is 0 Å². The summed E-state index contributed by atoms with van der Waals surface area (Å²) < 4.78 is 39.8. The molecule has 2 heterocycles. The molecule has 0 bridgehead atoms. The lowest BCUT2D eigenvalue weighted by Gasteiger charge is -2.42. The van der Waals surface area contributed by atoms with E-state index in [1.165, 1.54) is 12.4 Å². The summed E-state index contributed by atoms with van der Waals surface area (Å²) in [6, 6.07) is 3.30. The number of aromatic nitrogens is 2. The SMILES string of the molecule is CC(=O)[NH2+]C1CC(N(C)C(C)C)CCC1N1CCC(Nc2ncnc3ccc(C(F)(F)F)cc23)C1=O. The number of anilines is 1. The molecule has 1 aromatic carbocycles. The van der Waals surface area contributed by atoms with E-state index in [1.807, 2.05) is 4.90 Å². The first-order chi connectivity index (χ1) is 17.0. The second kappa shape index (κ2) is 10.3. The van der Waals surface area contributed by atoms with Crippen molar-refractivity contribution in [3.63, 3.8) is 0 Å². The zero-order valence-corrected chi connectivity index (χ0v) is 21.0. The van der Waals surface area contributed by atoms with Gasteiger partial charge in [-0.2, -0.15) is 13.2 Å². The Kier molecular flexibility index (Phi) is 7.51. The predicted octanol–water partition coefficient (Wildman–Crippen LogP) is 2.40. The van der Waals surface area contributed by atoms with Gasteiger partial charge in [0.05, 0.1) is 24.0 Å². The fourth-order valence-corrected chi connectivity index (χ4v) is 5.50. The number of carbonyl (C=O) groups excluding carboxylic acids is 2. The van der Waals surface area contributed by atoms with Crippen molar-refractivity contribution >= 4 is 28.5 Å². The van der Waals surface area contributed by atoms with Gasteiger partial charge in [0.25, 0.3) is 0 Å². The Balaban J connectivity index is 1.52. The van der Waals surface area contributed by atoms with E-state index in [1.54, 1.807) is 12.2 Å². The number of halogens is 3. The van der Waals surface area contributed by atoms with Crippen molar-refractivity contribution in [2.45, 2.75) is 82.8 Å². The summed E-state index contributed by atoms with van der Waals surface area (Å²) in [5.41, 5.74) is -0.426. The van der Waals surface area contributed by atoms with Crippen LogP contribution in [0.1, 0.15) is 52.0 Å². The monoisotopic (exact) mass is 507 g/mol. The summed E-state index contributed by atoms with van der Waals surface area (Å²) in [5.74, 6) is 0.0869. The maximum atomic E-state index is 13.5. The van der Waals surface area contributed by atoms with E-state index in [0.29, 0.717) is 30.6 Å². The first-order valence-electron chi connectivity index (χ1n) is 12.4. The molecule has 2 aromatic rings. The third kappa shape index (κ3) is 5.46. The molecule has 2 aliphatic rings. The lowest BCUT2D eigenvalue weighted by molar-refractivity contribution is -0.613. The molecule has 4 unspecified atom stereocenters. The van der Waals surface area contributed by atoms with Gasteiger partial charge in [0.1, 0.15) is 24.2 Å². The van der Waals surface area contributed by atoms with Gasteiger partial charge in [-0.3, -0.25) is 10.1 Å². The van der Waals surface area contributed by atoms with Crippen molar-refractivity contribution in [3.8, 4) is 0 Å². The van der Waals surface area contributed by atoms with E-state index >= 15 is 0 Å². The Morgan fingerprint density at radius 3 is 2.64 bits per heavy atom. The van der Waals surface area contributed by atoms with Crippen LogP contribution in [0.25, 0.3) is 10.9 Å². The third-order valence-electron chi connectivity index (χ3n) is 7.59. The number of fused-ring (bicyclic) bond motifs is 1.